The summed E-state index contributed by atoms with van der Waals surface area (Å²) in [6.45, 7) is 4.68. The second-order valence-electron chi connectivity index (χ2n) is 10.5. The van der Waals surface area contributed by atoms with Crippen molar-refractivity contribution in [1.82, 2.24) is 30.0 Å². The van der Waals surface area contributed by atoms with Crippen molar-refractivity contribution < 1.29 is 19.4 Å². The highest BCUT2D eigenvalue weighted by atomic mass is 16.5. The zero-order chi connectivity index (χ0) is 28.4. The molecule has 0 radical (unpaired) electrons. The van der Waals surface area contributed by atoms with E-state index in [1.807, 2.05) is 35.1 Å². The number of hydrogen-bond donors (Lipinski definition) is 3. The van der Waals surface area contributed by atoms with Crippen LogP contribution in [0.1, 0.15) is 70.0 Å². The molecule has 0 saturated heterocycles. The molecule has 3 N–H and O–H groups in total. The number of nitrogens with zero attached hydrogens (tertiary/aromatic N) is 5. The van der Waals surface area contributed by atoms with E-state index in [9.17, 15) is 14.7 Å². The normalized spacial score (nSPS) is 21.5. The van der Waals surface area contributed by atoms with Gasteiger partial charge in [0.05, 0.1) is 36.3 Å². The van der Waals surface area contributed by atoms with Crippen molar-refractivity contribution in [3.8, 4) is 11.3 Å². The highest BCUT2D eigenvalue weighted by Gasteiger charge is 2.35. The van der Waals surface area contributed by atoms with Gasteiger partial charge in [0.2, 0.25) is 5.95 Å². The summed E-state index contributed by atoms with van der Waals surface area (Å²) in [5.74, 6) is 0.0941. The molecular weight excluding hydrogens is 510 g/mol. The Morgan fingerprint density at radius 3 is 2.60 bits per heavy atom. The lowest BCUT2D eigenvalue weighted by molar-refractivity contribution is -0.136. The largest absolute Gasteiger partial charge is 0.466 e. The molecule has 1 aliphatic heterocycles. The Bertz CT molecular complexity index is 1420. The Morgan fingerprint density at radius 2 is 1.93 bits per heavy atom. The van der Waals surface area contributed by atoms with Crippen LogP contribution in [0.3, 0.4) is 0 Å². The number of aromatic nitrogens is 4. The minimum Gasteiger partial charge on any atom is -0.466 e. The molecule has 2 amide bonds. The molecule has 11 nitrogen and oxygen atoms in total. The Hall–Kier alpha value is -3.99. The maximum atomic E-state index is 12.6. The van der Waals surface area contributed by atoms with Crippen LogP contribution in [0.25, 0.3) is 22.3 Å². The molecule has 11 heteroatoms. The van der Waals surface area contributed by atoms with Crippen LogP contribution in [-0.2, 0) is 9.53 Å². The predicted octanol–water partition coefficient (Wildman–Crippen LogP) is 4.32. The minimum atomic E-state index is -0.631. The molecule has 1 atom stereocenters. The van der Waals surface area contributed by atoms with E-state index < -0.39 is 12.0 Å². The maximum Gasteiger partial charge on any atom is 0.337 e. The molecule has 5 rings (SSSR count). The topological polar surface area (TPSA) is 135 Å². The van der Waals surface area contributed by atoms with Crippen molar-refractivity contribution in [1.29, 1.82) is 0 Å². The van der Waals surface area contributed by atoms with Gasteiger partial charge in [0, 0.05) is 31.0 Å². The quantitative estimate of drug-likeness (QED) is 0.280. The standard InChI is InChI=1S/C29H37N7O4/c1-5-6-15-30-28-31-16-22-24(34-36(26(22)33-28)20-11-13-21(37)14-12-20)18-7-9-19(10-8-18)25-23(27(38)40-4)17(2)35(3)29(39)32-25/h7-10,16,20-21,25,37H,5-6,11-15H2,1-4H3,(H,32,39)(H,30,31,33). The highest BCUT2D eigenvalue weighted by Crippen LogP contribution is 2.36. The zero-order valence-corrected chi connectivity index (χ0v) is 23.5. The third-order valence-electron chi connectivity index (χ3n) is 7.95. The van der Waals surface area contributed by atoms with Gasteiger partial charge in [0.15, 0.2) is 5.65 Å². The third kappa shape index (κ3) is 5.25. The molecule has 1 unspecified atom stereocenters. The molecule has 2 aliphatic rings. The minimum absolute atomic E-state index is 0.141. The number of methoxy groups -OCH3 is 1. The van der Waals surface area contributed by atoms with E-state index in [1.165, 1.54) is 12.0 Å². The fourth-order valence-electron chi connectivity index (χ4n) is 5.45. The summed E-state index contributed by atoms with van der Waals surface area (Å²) >= 11 is 0. The second kappa shape index (κ2) is 11.6. The van der Waals surface area contributed by atoms with Crippen molar-refractivity contribution >= 4 is 29.0 Å². The van der Waals surface area contributed by atoms with E-state index in [1.54, 1.807) is 14.0 Å². The van der Waals surface area contributed by atoms with Gasteiger partial charge in [0.25, 0.3) is 0 Å². The smallest absolute Gasteiger partial charge is 0.337 e. The van der Waals surface area contributed by atoms with Gasteiger partial charge >= 0.3 is 12.0 Å². The average Bonchev–Trinajstić information content (AvgIpc) is 3.35. The molecule has 3 heterocycles. The van der Waals surface area contributed by atoms with Gasteiger partial charge in [0.1, 0.15) is 5.69 Å². The molecule has 1 aliphatic carbocycles. The van der Waals surface area contributed by atoms with Crippen LogP contribution >= 0.6 is 0 Å². The van der Waals surface area contributed by atoms with Gasteiger partial charge in [-0.15, -0.1) is 0 Å². The van der Waals surface area contributed by atoms with Gasteiger partial charge in [-0.2, -0.15) is 10.1 Å². The number of fused-ring (bicyclic) bond motifs is 1. The number of rotatable bonds is 8. The number of aliphatic hydroxyl groups excluding tert-OH is 1. The first kappa shape index (κ1) is 27.6. The van der Waals surface area contributed by atoms with Crippen molar-refractivity contribution in [3.05, 3.63) is 47.3 Å². The molecule has 0 bridgehead atoms. The van der Waals surface area contributed by atoms with Gasteiger partial charge in [-0.1, -0.05) is 37.6 Å². The number of carbonyl (C=O) groups is 2. The number of aliphatic hydroxyl groups is 1. The Labute approximate surface area is 233 Å². The summed E-state index contributed by atoms with van der Waals surface area (Å²) in [6.07, 6.45) is 6.80. The van der Waals surface area contributed by atoms with Crippen LogP contribution in [-0.4, -0.2) is 68.6 Å². The van der Waals surface area contributed by atoms with Crippen molar-refractivity contribution in [2.24, 2.45) is 0 Å². The lowest BCUT2D eigenvalue weighted by atomic mass is 9.93. The van der Waals surface area contributed by atoms with Crippen LogP contribution in [0.4, 0.5) is 10.7 Å². The number of carbonyl (C=O) groups excluding carboxylic acids is 2. The zero-order valence-electron chi connectivity index (χ0n) is 23.5. The van der Waals surface area contributed by atoms with E-state index in [-0.39, 0.29) is 18.2 Å². The molecule has 3 aromatic rings. The van der Waals surface area contributed by atoms with E-state index in [0.717, 1.165) is 72.9 Å². The average molecular weight is 548 g/mol. The van der Waals surface area contributed by atoms with Crippen LogP contribution in [0, 0.1) is 0 Å². The van der Waals surface area contributed by atoms with Crippen LogP contribution in [0.5, 0.6) is 0 Å². The lowest BCUT2D eigenvalue weighted by Crippen LogP contribution is -2.46. The van der Waals surface area contributed by atoms with Gasteiger partial charge in [-0.05, 0) is 44.6 Å². The van der Waals surface area contributed by atoms with Gasteiger partial charge in [-0.3, -0.25) is 0 Å². The summed E-state index contributed by atoms with van der Waals surface area (Å²) in [5.41, 5.74) is 4.10. The fraction of sp³-hybridized carbons (Fsp3) is 0.483. The molecule has 0 spiro atoms. The van der Waals surface area contributed by atoms with E-state index in [0.29, 0.717) is 17.2 Å². The van der Waals surface area contributed by atoms with Gasteiger partial charge in [-0.25, -0.2) is 19.3 Å². The summed E-state index contributed by atoms with van der Waals surface area (Å²) in [6, 6.07) is 6.89. The maximum absolute atomic E-state index is 12.6. The molecule has 2 aromatic heterocycles. The number of urea groups is 1. The first-order valence-electron chi connectivity index (χ1n) is 13.9. The van der Waals surface area contributed by atoms with E-state index in [4.69, 9.17) is 14.8 Å². The predicted molar refractivity (Wildman–Crippen MR) is 151 cm³/mol. The number of hydrogen-bond acceptors (Lipinski definition) is 8. The number of anilines is 1. The van der Waals surface area contributed by atoms with E-state index in [2.05, 4.69) is 22.5 Å². The monoisotopic (exact) mass is 547 g/mol. The summed E-state index contributed by atoms with van der Waals surface area (Å²) in [4.78, 5) is 36.0. The van der Waals surface area contributed by atoms with Crippen molar-refractivity contribution in [2.75, 3.05) is 26.0 Å². The number of unbranched alkanes of at least 4 members (excludes halogenated alkanes) is 1. The number of amides is 2. The lowest BCUT2D eigenvalue weighted by Gasteiger charge is -2.33. The number of benzene rings is 1. The molecule has 1 fully saturated rings. The van der Waals surface area contributed by atoms with Crippen LogP contribution in [0.15, 0.2) is 41.7 Å². The number of esters is 1. The van der Waals surface area contributed by atoms with Gasteiger partial charge < -0.3 is 25.4 Å². The number of allylic oxidation sites excluding steroid dienone is 1. The summed E-state index contributed by atoms with van der Waals surface area (Å²) in [5, 5.41) is 22.1. The Kier molecular flexibility index (Phi) is 8.02. The van der Waals surface area contributed by atoms with E-state index >= 15 is 0 Å². The summed E-state index contributed by atoms with van der Waals surface area (Å²) in [7, 11) is 2.95. The Balaban J connectivity index is 1.52. The van der Waals surface area contributed by atoms with Crippen LogP contribution < -0.4 is 10.6 Å². The highest BCUT2D eigenvalue weighted by molar-refractivity contribution is 5.95. The number of ether oxygens (including phenoxy) is 1. The molecule has 212 valence electrons. The number of nitrogens with one attached hydrogen (secondary N) is 2. The first-order valence-corrected chi connectivity index (χ1v) is 13.9. The van der Waals surface area contributed by atoms with Crippen LogP contribution in [0.2, 0.25) is 0 Å². The third-order valence-corrected chi connectivity index (χ3v) is 7.95. The Morgan fingerprint density at radius 1 is 1.20 bits per heavy atom. The molecule has 40 heavy (non-hydrogen) atoms. The molecular formula is C29H37N7O4. The van der Waals surface area contributed by atoms with Crippen molar-refractivity contribution in [2.45, 2.75) is 70.6 Å². The van der Waals surface area contributed by atoms with Crippen molar-refractivity contribution in [3.63, 3.8) is 0 Å². The second-order valence-corrected chi connectivity index (χ2v) is 10.5. The summed E-state index contributed by atoms with van der Waals surface area (Å²) < 4.78 is 7.02. The molecule has 1 saturated carbocycles. The fourth-order valence-corrected chi connectivity index (χ4v) is 5.45. The first-order chi connectivity index (χ1) is 19.3. The molecule has 1 aromatic carbocycles. The SMILES string of the molecule is CCCCNc1ncc2c(-c3ccc(C4NC(=O)N(C)C(C)=C4C(=O)OC)cc3)nn(C3CCC(O)CC3)c2n1.